The topological polar surface area (TPSA) is 32.3 Å². The molecule has 1 amide bonds. The molecule has 1 aromatic rings. The van der Waals surface area contributed by atoms with Gasteiger partial charge in [-0.3, -0.25) is 4.79 Å². The molecule has 1 heterocycles. The Bertz CT molecular complexity index is 383. The number of hydrogen-bond donors (Lipinski definition) is 1. The zero-order valence-corrected chi connectivity index (χ0v) is 11.6. The highest BCUT2D eigenvalue weighted by Crippen LogP contribution is 2.16. The third-order valence-electron chi connectivity index (χ3n) is 3.19. The maximum absolute atomic E-state index is 11.9. The summed E-state index contributed by atoms with van der Waals surface area (Å²) in [6.45, 7) is 1.74. The van der Waals surface area contributed by atoms with Gasteiger partial charge < -0.3 is 10.2 Å². The number of anilines is 1. The molecule has 98 valence electrons. The molecule has 1 unspecified atom stereocenters. The van der Waals surface area contributed by atoms with Gasteiger partial charge >= 0.3 is 0 Å². The van der Waals surface area contributed by atoms with Crippen LogP contribution in [0, 0.1) is 0 Å². The number of nitrogens with zero attached hydrogens (tertiary/aromatic N) is 1. The van der Waals surface area contributed by atoms with Crippen LogP contribution >= 0.6 is 11.8 Å². The molecule has 0 spiro atoms. The third kappa shape index (κ3) is 3.67. The van der Waals surface area contributed by atoms with Gasteiger partial charge in [0.25, 0.3) is 0 Å². The van der Waals surface area contributed by atoms with Crippen LogP contribution in [0.25, 0.3) is 0 Å². The van der Waals surface area contributed by atoms with Crippen molar-refractivity contribution in [2.75, 3.05) is 30.4 Å². The Morgan fingerprint density at radius 1 is 1.44 bits per heavy atom. The van der Waals surface area contributed by atoms with Crippen molar-refractivity contribution >= 4 is 23.4 Å². The molecule has 1 aliphatic heterocycles. The van der Waals surface area contributed by atoms with Gasteiger partial charge in [-0.05, 0) is 31.2 Å². The first-order valence-electron chi connectivity index (χ1n) is 6.38. The van der Waals surface area contributed by atoms with E-state index >= 15 is 0 Å². The summed E-state index contributed by atoms with van der Waals surface area (Å²) in [6, 6.07) is 10.6. The molecule has 18 heavy (non-hydrogen) atoms. The summed E-state index contributed by atoms with van der Waals surface area (Å²) >= 11 is 1.60. The van der Waals surface area contributed by atoms with Crippen LogP contribution in [-0.2, 0) is 4.79 Å². The van der Waals surface area contributed by atoms with Crippen molar-refractivity contribution in [1.29, 1.82) is 0 Å². The normalized spacial score (nSPS) is 19.6. The van der Waals surface area contributed by atoms with Crippen LogP contribution < -0.4 is 5.32 Å². The minimum Gasteiger partial charge on any atom is -0.381 e. The number of nitrogens with one attached hydrogen (secondary N) is 1. The van der Waals surface area contributed by atoms with Gasteiger partial charge in [0.05, 0.1) is 5.75 Å². The maximum atomic E-state index is 11.9. The van der Waals surface area contributed by atoms with Crippen LogP contribution in [0.5, 0.6) is 0 Å². The van der Waals surface area contributed by atoms with E-state index in [-0.39, 0.29) is 5.91 Å². The van der Waals surface area contributed by atoms with Crippen LogP contribution in [0.2, 0.25) is 0 Å². The zero-order chi connectivity index (χ0) is 12.8. The first-order chi connectivity index (χ1) is 8.79. The largest absolute Gasteiger partial charge is 0.381 e. The molecule has 1 aromatic carbocycles. The average molecular weight is 264 g/mol. The summed E-state index contributed by atoms with van der Waals surface area (Å²) in [5, 5.41) is 3.51. The van der Waals surface area contributed by atoms with Crippen molar-refractivity contribution in [2.45, 2.75) is 18.9 Å². The predicted molar refractivity (Wildman–Crippen MR) is 78.0 cm³/mol. The van der Waals surface area contributed by atoms with Gasteiger partial charge in [-0.2, -0.15) is 11.8 Å². The molecule has 0 bridgehead atoms. The summed E-state index contributed by atoms with van der Waals surface area (Å²) in [7, 11) is 0. The van der Waals surface area contributed by atoms with Gasteiger partial charge in [0, 0.05) is 24.8 Å². The highest BCUT2D eigenvalue weighted by atomic mass is 32.2. The fourth-order valence-electron chi connectivity index (χ4n) is 2.31. The summed E-state index contributed by atoms with van der Waals surface area (Å²) in [6.07, 6.45) is 4.20. The van der Waals surface area contributed by atoms with E-state index in [1.165, 1.54) is 0 Å². The second-order valence-corrected chi connectivity index (χ2v) is 5.49. The summed E-state index contributed by atoms with van der Waals surface area (Å²) in [5.74, 6) is 0.861. The molecule has 0 saturated carbocycles. The number of hydrogen-bond acceptors (Lipinski definition) is 3. The molecule has 1 atom stereocenters. The van der Waals surface area contributed by atoms with Gasteiger partial charge in [-0.15, -0.1) is 0 Å². The molecule has 1 N–H and O–H groups in total. The predicted octanol–water partition coefficient (Wildman–Crippen LogP) is 2.45. The van der Waals surface area contributed by atoms with E-state index < -0.39 is 0 Å². The van der Waals surface area contributed by atoms with Crippen LogP contribution in [0.15, 0.2) is 30.3 Å². The quantitative estimate of drug-likeness (QED) is 0.906. The standard InChI is InChI=1S/C14H20N2OS/c1-18-11-14(17)16-9-5-8-13(10-16)15-12-6-3-2-4-7-12/h2-4,6-7,13,15H,5,8-11H2,1H3. The Balaban J connectivity index is 1.89. The molecular weight excluding hydrogens is 244 g/mol. The SMILES string of the molecule is CSCC(=O)N1CCCC(Nc2ccccc2)C1. The van der Waals surface area contributed by atoms with Crippen molar-refractivity contribution in [1.82, 2.24) is 4.90 Å². The fourth-order valence-corrected chi connectivity index (χ4v) is 2.74. The number of piperidine rings is 1. The lowest BCUT2D eigenvalue weighted by Crippen LogP contribution is -2.45. The first kappa shape index (κ1) is 13.3. The number of likely N-dealkylation sites (tertiary alicyclic amines) is 1. The van der Waals surface area contributed by atoms with E-state index in [1.807, 2.05) is 29.4 Å². The van der Waals surface area contributed by atoms with Crippen molar-refractivity contribution < 1.29 is 4.79 Å². The average Bonchev–Trinajstić information content (AvgIpc) is 2.40. The summed E-state index contributed by atoms with van der Waals surface area (Å²) in [4.78, 5) is 13.9. The lowest BCUT2D eigenvalue weighted by Gasteiger charge is -2.33. The Morgan fingerprint density at radius 3 is 2.94 bits per heavy atom. The molecule has 1 fully saturated rings. The van der Waals surface area contributed by atoms with Crippen LogP contribution in [-0.4, -0.2) is 41.9 Å². The van der Waals surface area contributed by atoms with Gasteiger partial charge in [-0.1, -0.05) is 18.2 Å². The molecule has 0 aromatic heterocycles. The lowest BCUT2D eigenvalue weighted by atomic mass is 10.1. The van der Waals surface area contributed by atoms with Crippen LogP contribution in [0.1, 0.15) is 12.8 Å². The molecule has 3 nitrogen and oxygen atoms in total. The highest BCUT2D eigenvalue weighted by Gasteiger charge is 2.22. The Hall–Kier alpha value is -1.16. The van der Waals surface area contributed by atoms with Crippen molar-refractivity contribution in [3.05, 3.63) is 30.3 Å². The van der Waals surface area contributed by atoms with E-state index in [1.54, 1.807) is 11.8 Å². The maximum Gasteiger partial charge on any atom is 0.232 e. The van der Waals surface area contributed by atoms with Crippen molar-refractivity contribution in [3.8, 4) is 0 Å². The Labute approximate surface area is 113 Å². The highest BCUT2D eigenvalue weighted by molar-refractivity contribution is 7.99. The van der Waals surface area contributed by atoms with E-state index in [2.05, 4.69) is 17.4 Å². The second kappa shape index (κ2) is 6.69. The summed E-state index contributed by atoms with van der Waals surface area (Å²) < 4.78 is 0. The molecule has 4 heteroatoms. The zero-order valence-electron chi connectivity index (χ0n) is 10.8. The Morgan fingerprint density at radius 2 is 2.22 bits per heavy atom. The summed E-state index contributed by atoms with van der Waals surface area (Å²) in [5.41, 5.74) is 1.14. The number of carbonyl (C=O) groups excluding carboxylic acids is 1. The lowest BCUT2D eigenvalue weighted by molar-refractivity contribution is -0.129. The van der Waals surface area contributed by atoms with E-state index in [9.17, 15) is 4.79 Å². The second-order valence-electron chi connectivity index (χ2n) is 4.62. The number of benzene rings is 1. The number of amides is 1. The number of rotatable bonds is 4. The van der Waals surface area contributed by atoms with Gasteiger partial charge in [-0.25, -0.2) is 0 Å². The Kier molecular flexibility index (Phi) is 4.93. The van der Waals surface area contributed by atoms with Crippen molar-refractivity contribution in [3.63, 3.8) is 0 Å². The smallest absolute Gasteiger partial charge is 0.232 e. The van der Waals surface area contributed by atoms with E-state index in [0.717, 1.165) is 31.6 Å². The molecule has 0 aliphatic carbocycles. The van der Waals surface area contributed by atoms with E-state index in [0.29, 0.717) is 11.8 Å². The number of carbonyl (C=O) groups is 1. The molecular formula is C14H20N2OS. The monoisotopic (exact) mass is 264 g/mol. The molecule has 1 saturated heterocycles. The minimum absolute atomic E-state index is 0.266. The fraction of sp³-hybridized carbons (Fsp3) is 0.500. The molecule has 2 rings (SSSR count). The number of para-hydroxylation sites is 1. The van der Waals surface area contributed by atoms with Gasteiger partial charge in [0.15, 0.2) is 0 Å². The van der Waals surface area contributed by atoms with E-state index in [4.69, 9.17) is 0 Å². The van der Waals surface area contributed by atoms with Gasteiger partial charge in [0.2, 0.25) is 5.91 Å². The molecule has 1 aliphatic rings. The third-order valence-corrected chi connectivity index (χ3v) is 3.72. The van der Waals surface area contributed by atoms with Gasteiger partial charge in [0.1, 0.15) is 0 Å². The van der Waals surface area contributed by atoms with Crippen LogP contribution in [0.3, 0.4) is 0 Å². The first-order valence-corrected chi connectivity index (χ1v) is 7.77. The van der Waals surface area contributed by atoms with Crippen molar-refractivity contribution in [2.24, 2.45) is 0 Å². The van der Waals surface area contributed by atoms with Crippen LogP contribution in [0.4, 0.5) is 5.69 Å². The molecule has 0 radical (unpaired) electrons. The number of thioether (sulfide) groups is 1. The minimum atomic E-state index is 0.266.